The molecule has 3 aromatic carbocycles. The van der Waals surface area contributed by atoms with Crippen molar-refractivity contribution < 1.29 is 34.0 Å². The van der Waals surface area contributed by atoms with Crippen LogP contribution in [-0.2, 0) is 33.5 Å². The van der Waals surface area contributed by atoms with Crippen LogP contribution in [0.3, 0.4) is 0 Å². The van der Waals surface area contributed by atoms with Crippen LogP contribution in [0.25, 0.3) is 0 Å². The predicted octanol–water partition coefficient (Wildman–Crippen LogP) is 3.44. The summed E-state index contributed by atoms with van der Waals surface area (Å²) >= 11 is 0. The molecule has 2 amide bonds. The summed E-state index contributed by atoms with van der Waals surface area (Å²) in [5.41, 5.74) is 3.75. The van der Waals surface area contributed by atoms with Gasteiger partial charge in [-0.1, -0.05) is 66.7 Å². The summed E-state index contributed by atoms with van der Waals surface area (Å²) in [5.74, 6) is -0.180. The highest BCUT2D eigenvalue weighted by atomic mass is 16.5. The second-order valence-electron chi connectivity index (χ2n) is 12.3. The summed E-state index contributed by atoms with van der Waals surface area (Å²) in [4.78, 5) is 28.8. The number of carbonyl (C=O) groups is 2. The van der Waals surface area contributed by atoms with E-state index in [1.165, 1.54) is 0 Å². The molecule has 1 saturated heterocycles. The Morgan fingerprint density at radius 1 is 0.957 bits per heavy atom. The van der Waals surface area contributed by atoms with Crippen LogP contribution >= 0.6 is 0 Å². The number of hydrogen-bond acceptors (Lipinski definition) is 8. The lowest BCUT2D eigenvalue weighted by atomic mass is 9.88. The Hall–Kier alpha value is -3.96. The summed E-state index contributed by atoms with van der Waals surface area (Å²) in [7, 11) is 0. The zero-order valence-corrected chi connectivity index (χ0v) is 27.1. The van der Waals surface area contributed by atoms with Crippen molar-refractivity contribution in [3.8, 4) is 5.75 Å². The van der Waals surface area contributed by atoms with E-state index in [2.05, 4.69) is 15.5 Å². The molecule has 10 heteroatoms. The molecule has 5 atom stereocenters. The molecule has 3 aromatic rings. The molecule has 1 aliphatic carbocycles. The largest absolute Gasteiger partial charge is 0.492 e. The number of benzene rings is 3. The van der Waals surface area contributed by atoms with Crippen LogP contribution in [0.15, 0.2) is 78.9 Å². The monoisotopic (exact) mass is 645 g/mol. The average molecular weight is 646 g/mol. The van der Waals surface area contributed by atoms with E-state index in [0.717, 1.165) is 60.9 Å². The van der Waals surface area contributed by atoms with Crippen molar-refractivity contribution in [1.82, 2.24) is 15.5 Å². The number of aliphatic hydroxyl groups is 2. The quantitative estimate of drug-likeness (QED) is 0.198. The SMILES string of the molecule is CCOC(=O)N[C@@H](Cc1ccccc1)[C@@H](O)C[C@@H](Cc1ccc(OCCN2CCOCC2)cc1)C(=O)N[C@H]1c2ccccc2C[C@H]1O. The van der Waals surface area contributed by atoms with Crippen molar-refractivity contribution >= 4 is 12.0 Å². The fourth-order valence-electron chi connectivity index (χ4n) is 6.36. The number of amides is 2. The topological polar surface area (TPSA) is 130 Å². The van der Waals surface area contributed by atoms with Gasteiger partial charge in [-0.2, -0.15) is 0 Å². The molecule has 0 unspecified atom stereocenters. The van der Waals surface area contributed by atoms with E-state index >= 15 is 0 Å². The van der Waals surface area contributed by atoms with E-state index in [1.807, 2.05) is 78.9 Å². The highest BCUT2D eigenvalue weighted by molar-refractivity contribution is 5.80. The Morgan fingerprint density at radius 3 is 2.40 bits per heavy atom. The van der Waals surface area contributed by atoms with Crippen molar-refractivity contribution in [1.29, 1.82) is 0 Å². The second kappa shape index (κ2) is 17.3. The number of nitrogens with zero attached hydrogens (tertiary/aromatic N) is 1. The average Bonchev–Trinajstić information content (AvgIpc) is 3.40. The van der Waals surface area contributed by atoms with Gasteiger partial charge in [-0.25, -0.2) is 4.79 Å². The zero-order valence-electron chi connectivity index (χ0n) is 27.1. The van der Waals surface area contributed by atoms with Crippen molar-refractivity contribution in [2.75, 3.05) is 46.1 Å². The molecule has 1 aliphatic heterocycles. The summed E-state index contributed by atoms with van der Waals surface area (Å²) in [6, 6.07) is 23.7. The van der Waals surface area contributed by atoms with Crippen molar-refractivity contribution in [3.05, 3.63) is 101 Å². The molecule has 0 spiro atoms. The van der Waals surface area contributed by atoms with Crippen molar-refractivity contribution in [2.45, 2.75) is 56.9 Å². The van der Waals surface area contributed by atoms with Crippen molar-refractivity contribution in [2.24, 2.45) is 5.92 Å². The number of carbonyl (C=O) groups excluding carboxylic acids is 2. The number of nitrogens with one attached hydrogen (secondary N) is 2. The highest BCUT2D eigenvalue weighted by Crippen LogP contribution is 2.32. The van der Waals surface area contributed by atoms with Crippen LogP contribution in [0, 0.1) is 5.92 Å². The summed E-state index contributed by atoms with van der Waals surface area (Å²) < 4.78 is 16.5. The van der Waals surface area contributed by atoms with Gasteiger partial charge in [0.25, 0.3) is 0 Å². The zero-order chi connectivity index (χ0) is 33.0. The minimum absolute atomic E-state index is 0.0814. The van der Waals surface area contributed by atoms with Gasteiger partial charge in [0, 0.05) is 32.0 Å². The maximum atomic E-state index is 14.0. The van der Waals surface area contributed by atoms with E-state index in [4.69, 9.17) is 14.2 Å². The number of rotatable bonds is 15. The van der Waals surface area contributed by atoms with Gasteiger partial charge in [0.15, 0.2) is 0 Å². The number of ether oxygens (including phenoxy) is 3. The van der Waals surface area contributed by atoms with Gasteiger partial charge in [0.2, 0.25) is 5.91 Å². The van der Waals surface area contributed by atoms with Gasteiger partial charge in [-0.15, -0.1) is 0 Å². The third-order valence-electron chi connectivity index (χ3n) is 8.93. The lowest BCUT2D eigenvalue weighted by Crippen LogP contribution is -2.47. The Morgan fingerprint density at radius 2 is 1.66 bits per heavy atom. The number of aliphatic hydroxyl groups excluding tert-OH is 2. The van der Waals surface area contributed by atoms with Crippen molar-refractivity contribution in [3.63, 3.8) is 0 Å². The Kier molecular flexibility index (Phi) is 12.6. The van der Waals surface area contributed by atoms with Gasteiger partial charge in [-0.3, -0.25) is 9.69 Å². The van der Waals surface area contributed by atoms with Gasteiger partial charge >= 0.3 is 6.09 Å². The third kappa shape index (κ3) is 10.0. The first-order chi connectivity index (χ1) is 22.9. The smallest absolute Gasteiger partial charge is 0.407 e. The maximum Gasteiger partial charge on any atom is 0.407 e. The summed E-state index contributed by atoms with van der Waals surface area (Å²) in [6.45, 7) is 6.61. The number of hydrogen-bond donors (Lipinski definition) is 4. The van der Waals surface area contributed by atoms with Crippen LogP contribution in [0.2, 0.25) is 0 Å². The normalized spacial score (nSPS) is 19.6. The Bertz CT molecular complexity index is 1410. The molecule has 252 valence electrons. The summed E-state index contributed by atoms with van der Waals surface area (Å²) in [6.07, 6.45) is -1.17. The van der Waals surface area contributed by atoms with Gasteiger partial charge in [0.05, 0.1) is 44.1 Å². The van der Waals surface area contributed by atoms with Crippen LogP contribution in [-0.4, -0.2) is 91.4 Å². The Balaban J connectivity index is 1.29. The van der Waals surface area contributed by atoms with Gasteiger partial charge in [-0.05, 0) is 60.6 Å². The first kappa shape index (κ1) is 34.4. The number of fused-ring (bicyclic) bond motifs is 1. The summed E-state index contributed by atoms with van der Waals surface area (Å²) in [5, 5.41) is 28.3. The first-order valence-corrected chi connectivity index (χ1v) is 16.6. The lowest BCUT2D eigenvalue weighted by Gasteiger charge is -2.28. The van der Waals surface area contributed by atoms with E-state index in [0.29, 0.717) is 25.9 Å². The molecule has 0 bridgehead atoms. The molecule has 4 N–H and O–H groups in total. The fraction of sp³-hybridized carbons (Fsp3) is 0.459. The second-order valence-corrected chi connectivity index (χ2v) is 12.3. The molecule has 47 heavy (non-hydrogen) atoms. The first-order valence-electron chi connectivity index (χ1n) is 16.6. The van der Waals surface area contributed by atoms with E-state index < -0.39 is 36.3 Å². The van der Waals surface area contributed by atoms with Gasteiger partial charge in [0.1, 0.15) is 12.4 Å². The van der Waals surface area contributed by atoms with Crippen LogP contribution in [0.5, 0.6) is 5.75 Å². The fourth-order valence-corrected chi connectivity index (χ4v) is 6.36. The lowest BCUT2D eigenvalue weighted by molar-refractivity contribution is -0.127. The van der Waals surface area contributed by atoms with Gasteiger partial charge < -0.3 is 35.1 Å². The van der Waals surface area contributed by atoms with Crippen LogP contribution in [0.4, 0.5) is 4.79 Å². The molecular formula is C37H47N3O7. The highest BCUT2D eigenvalue weighted by Gasteiger charge is 2.35. The standard InChI is InChI=1S/C37H47N3O7/c1-2-46-37(44)38-32(23-26-8-4-3-5-9-26)33(41)25-29(36(43)39-35-31-11-7-6-10-28(31)24-34(35)42)22-27-12-14-30(15-13-27)47-21-18-40-16-19-45-20-17-40/h3-15,29,32-35,41-42H,2,16-25H2,1H3,(H,38,44)(H,39,43)/t29-,32+,33+,34-,35+/m1/s1. The van der Waals surface area contributed by atoms with Crippen LogP contribution < -0.4 is 15.4 Å². The molecule has 1 fully saturated rings. The minimum atomic E-state index is -1.06. The number of morpholine rings is 1. The molecule has 2 aliphatic rings. The molecule has 10 nitrogen and oxygen atoms in total. The number of alkyl carbamates (subject to hydrolysis) is 1. The van der Waals surface area contributed by atoms with E-state index in [9.17, 15) is 19.8 Å². The molecule has 1 heterocycles. The molecule has 0 aromatic heterocycles. The molecule has 0 saturated carbocycles. The maximum absolute atomic E-state index is 14.0. The van der Waals surface area contributed by atoms with Crippen LogP contribution in [0.1, 0.15) is 41.6 Å². The molecular weight excluding hydrogens is 598 g/mol. The van der Waals surface area contributed by atoms with E-state index in [-0.39, 0.29) is 18.9 Å². The minimum Gasteiger partial charge on any atom is -0.492 e. The predicted molar refractivity (Wildman–Crippen MR) is 178 cm³/mol. The Labute approximate surface area is 277 Å². The third-order valence-corrected chi connectivity index (χ3v) is 8.93. The van der Waals surface area contributed by atoms with E-state index in [1.54, 1.807) is 6.92 Å². The molecule has 0 radical (unpaired) electrons. The molecule has 5 rings (SSSR count).